The van der Waals surface area contributed by atoms with E-state index in [2.05, 4.69) is 47.8 Å². The zero-order valence-electron chi connectivity index (χ0n) is 41.3. The molecular formula is C54H68N6O9Si. The number of unbranched alkanes of at least 4 members (excludes halogenated alkanes) is 2. The summed E-state index contributed by atoms with van der Waals surface area (Å²) in [5, 5.41) is 33.7. The van der Waals surface area contributed by atoms with Gasteiger partial charge in [0.2, 0.25) is 5.91 Å². The first kappa shape index (κ1) is 50.5. The molecule has 15 nitrogen and oxygen atoms in total. The van der Waals surface area contributed by atoms with Crippen molar-refractivity contribution in [3.8, 4) is 11.5 Å². The second-order valence-corrected chi connectivity index (χ2v) is 23.9. The van der Waals surface area contributed by atoms with Crippen LogP contribution in [0.4, 0.5) is 17.1 Å². The van der Waals surface area contributed by atoms with Crippen molar-refractivity contribution in [1.29, 1.82) is 0 Å². The molecule has 0 bridgehead atoms. The molecule has 1 fully saturated rings. The van der Waals surface area contributed by atoms with Crippen LogP contribution in [0.2, 0.25) is 18.6 Å². The lowest BCUT2D eigenvalue weighted by molar-refractivity contribution is -0.146. The largest absolute Gasteiger partial charge is 0.497 e. The van der Waals surface area contributed by atoms with Crippen molar-refractivity contribution in [3.05, 3.63) is 120 Å². The van der Waals surface area contributed by atoms with E-state index in [-0.39, 0.29) is 54.8 Å². The van der Waals surface area contributed by atoms with Crippen molar-refractivity contribution in [3.63, 3.8) is 0 Å². The van der Waals surface area contributed by atoms with Crippen molar-refractivity contribution >= 4 is 48.1 Å². The molecule has 0 aliphatic carbocycles. The first-order valence-corrected chi connectivity index (χ1v) is 27.8. The average Bonchev–Trinajstić information content (AvgIpc) is 4.03. The summed E-state index contributed by atoms with van der Waals surface area (Å²) in [7, 11) is 0.487. The Morgan fingerprint density at radius 2 is 1.69 bits per heavy atom. The van der Waals surface area contributed by atoms with E-state index >= 15 is 4.79 Å². The summed E-state index contributed by atoms with van der Waals surface area (Å²) >= 11 is 0. The second kappa shape index (κ2) is 22.0. The van der Waals surface area contributed by atoms with Gasteiger partial charge in [-0.05, 0) is 117 Å². The molecule has 4 aromatic carbocycles. The van der Waals surface area contributed by atoms with Crippen LogP contribution in [0.1, 0.15) is 80.7 Å². The number of rotatable bonds is 22. The van der Waals surface area contributed by atoms with Gasteiger partial charge in [0.25, 0.3) is 5.91 Å². The van der Waals surface area contributed by atoms with Crippen LogP contribution in [0.3, 0.4) is 0 Å². The minimum atomic E-state index is -2.55. The highest BCUT2D eigenvalue weighted by molar-refractivity contribution is 6.91. The molecule has 5 aromatic rings. The van der Waals surface area contributed by atoms with Crippen LogP contribution in [0.25, 0.3) is 0 Å². The maximum Gasteiger partial charge on any atom is 0.305 e. The zero-order valence-corrected chi connectivity index (χ0v) is 42.3. The fraction of sp³-hybridized carbons (Fsp3) is 0.463. The molecule has 3 N–H and O–H groups in total. The third-order valence-electron chi connectivity index (χ3n) is 14.8. The SMILES string of the molecule is CCOc1ccc2c(c1)CC(NCCCCO)C(=O)N2c1ccc2c(c1)[C@]1(O[C@@H](CCn3cc(C(CO)c4ccccc4)nn3)[C@H]([Si](C)(C)c3ccc(OC)cc3)[C@H]1C)C(=O)N2CCCCC(=O)OC. The Hall–Kier alpha value is -5.91. The van der Waals surface area contributed by atoms with Crippen molar-refractivity contribution in [2.45, 2.75) is 108 Å². The monoisotopic (exact) mass is 972 g/mol. The standard InChI is InChI=1S/C54H68N6O9Si/c1-7-68-41-21-25-47-38(31-41)32-45(55-27-12-14-30-61)52(64)60(47)39-18-24-48-44(33-39)54(53(65)59(48)28-13-11-17-50(63)67-4)36(2)51(70(5,6)42-22-19-40(66-3)20-23-42)49(69-54)26-29-58-34-46(56-57-58)43(35-62)37-15-9-8-10-16-37/h8-10,15-16,18-25,31,33-34,36,43,45,49,51,55,61-62H,7,11-14,17,26-30,32,35H2,1-6H3/t36-,43?,45?,49+,51-,54+/m1/s1. The number of aromatic nitrogens is 3. The lowest BCUT2D eigenvalue weighted by Crippen LogP contribution is -2.52. The number of hydrogen-bond acceptors (Lipinski definition) is 12. The topological polar surface area (TPSA) is 178 Å². The number of aryl methyl sites for hydroxylation is 1. The number of ether oxygens (including phenoxy) is 4. The van der Waals surface area contributed by atoms with E-state index < -0.39 is 25.8 Å². The fourth-order valence-electron chi connectivity index (χ4n) is 11.2. The molecule has 2 amide bonds. The molecule has 70 heavy (non-hydrogen) atoms. The van der Waals surface area contributed by atoms with Crippen molar-refractivity contribution in [2.75, 3.05) is 56.9 Å². The average molecular weight is 973 g/mol. The molecule has 0 saturated carbocycles. The Labute approximate surface area is 412 Å². The molecule has 372 valence electrons. The number of benzene rings is 4. The zero-order chi connectivity index (χ0) is 49.6. The summed E-state index contributed by atoms with van der Waals surface area (Å²) in [6, 6.07) is 29.2. The number of aliphatic hydroxyl groups excluding tert-OH is 2. The summed E-state index contributed by atoms with van der Waals surface area (Å²) in [5.41, 5.74) is 3.83. The number of esters is 1. The normalized spacial score (nSPS) is 21.3. The van der Waals surface area contributed by atoms with E-state index in [9.17, 15) is 19.8 Å². The highest BCUT2D eigenvalue weighted by Gasteiger charge is 2.66. The first-order chi connectivity index (χ1) is 33.9. The lowest BCUT2D eigenvalue weighted by atomic mass is 9.82. The Balaban J connectivity index is 1.21. The number of anilines is 3. The van der Waals surface area contributed by atoms with Gasteiger partial charge in [0.15, 0.2) is 5.60 Å². The van der Waals surface area contributed by atoms with Gasteiger partial charge in [-0.25, -0.2) is 0 Å². The highest BCUT2D eigenvalue weighted by Crippen LogP contribution is 2.60. The van der Waals surface area contributed by atoms with E-state index in [1.54, 1.807) is 16.7 Å². The summed E-state index contributed by atoms with van der Waals surface area (Å²) in [4.78, 5) is 46.3. The molecule has 3 aliphatic rings. The van der Waals surface area contributed by atoms with E-state index in [1.165, 1.54) is 12.3 Å². The number of nitrogens with one attached hydrogen (secondary N) is 1. The predicted octanol–water partition coefficient (Wildman–Crippen LogP) is 6.76. The van der Waals surface area contributed by atoms with Crippen molar-refractivity contribution in [2.24, 2.45) is 5.92 Å². The molecule has 6 atom stereocenters. The van der Waals surface area contributed by atoms with Gasteiger partial charge in [-0.1, -0.05) is 72.9 Å². The summed E-state index contributed by atoms with van der Waals surface area (Å²) in [5.74, 6) is 0.234. The molecule has 16 heteroatoms. The van der Waals surface area contributed by atoms with Gasteiger partial charge in [-0.15, -0.1) is 5.10 Å². The van der Waals surface area contributed by atoms with Gasteiger partial charge in [0, 0.05) is 49.5 Å². The van der Waals surface area contributed by atoms with Crippen LogP contribution in [-0.4, -0.2) is 110 Å². The third kappa shape index (κ3) is 9.89. The number of hydrogen-bond donors (Lipinski definition) is 3. The number of carbonyl (C=O) groups excluding carboxylic acids is 3. The van der Waals surface area contributed by atoms with Gasteiger partial charge in [0.05, 0.1) is 70.6 Å². The maximum absolute atomic E-state index is 15.7. The molecule has 8 rings (SSSR count). The summed E-state index contributed by atoms with van der Waals surface area (Å²) < 4.78 is 25.8. The summed E-state index contributed by atoms with van der Waals surface area (Å²) in [6.45, 7) is 10.6. The molecule has 1 aromatic heterocycles. The van der Waals surface area contributed by atoms with Crippen molar-refractivity contribution < 1.29 is 43.5 Å². The number of fused-ring (bicyclic) bond motifs is 3. The number of amides is 2. The van der Waals surface area contributed by atoms with Crippen LogP contribution in [-0.2, 0) is 42.4 Å². The quantitative estimate of drug-likeness (QED) is 0.0378. The smallest absolute Gasteiger partial charge is 0.305 e. The van der Waals surface area contributed by atoms with E-state index in [0.717, 1.165) is 28.3 Å². The molecular weight excluding hydrogens is 905 g/mol. The molecule has 1 saturated heterocycles. The maximum atomic E-state index is 15.7. The highest BCUT2D eigenvalue weighted by atomic mass is 28.3. The van der Waals surface area contributed by atoms with E-state index in [4.69, 9.17) is 18.9 Å². The Kier molecular flexibility index (Phi) is 15.9. The number of nitrogens with zero attached hydrogens (tertiary/aromatic N) is 5. The Morgan fingerprint density at radius 1 is 0.929 bits per heavy atom. The predicted molar refractivity (Wildman–Crippen MR) is 271 cm³/mol. The Bertz CT molecular complexity index is 2610. The second-order valence-electron chi connectivity index (χ2n) is 19.2. The van der Waals surface area contributed by atoms with Crippen molar-refractivity contribution in [1.82, 2.24) is 20.3 Å². The molecule has 2 unspecified atom stereocenters. The molecule has 4 heterocycles. The Morgan fingerprint density at radius 3 is 2.40 bits per heavy atom. The fourth-order valence-corrected chi connectivity index (χ4v) is 15.3. The number of carbonyl (C=O) groups is 3. The van der Waals surface area contributed by atoms with E-state index in [0.29, 0.717) is 87.4 Å². The molecule has 3 aliphatic heterocycles. The minimum absolute atomic E-state index is 0.0774. The van der Waals surface area contributed by atoms with Gasteiger partial charge in [0.1, 0.15) is 11.5 Å². The number of aliphatic hydroxyl groups is 2. The molecule has 1 spiro atoms. The van der Waals surface area contributed by atoms with Gasteiger partial charge in [-0.3, -0.25) is 24.0 Å². The van der Waals surface area contributed by atoms with Gasteiger partial charge in [-0.2, -0.15) is 0 Å². The van der Waals surface area contributed by atoms with Crippen LogP contribution in [0, 0.1) is 5.92 Å². The first-order valence-electron chi connectivity index (χ1n) is 24.7. The number of methoxy groups -OCH3 is 2. The lowest BCUT2D eigenvalue weighted by Gasteiger charge is -2.37. The van der Waals surface area contributed by atoms with Crippen LogP contribution in [0.5, 0.6) is 11.5 Å². The van der Waals surface area contributed by atoms with Gasteiger partial charge >= 0.3 is 5.97 Å². The van der Waals surface area contributed by atoms with Crippen LogP contribution in [0.15, 0.2) is 97.2 Å². The van der Waals surface area contributed by atoms with Crippen LogP contribution < -0.4 is 29.8 Å². The minimum Gasteiger partial charge on any atom is -0.497 e. The molecule has 0 radical (unpaired) electrons. The van der Waals surface area contributed by atoms with Gasteiger partial charge < -0.3 is 39.4 Å². The third-order valence-corrected chi connectivity index (χ3v) is 19.1. The van der Waals surface area contributed by atoms with Crippen LogP contribution >= 0.6 is 0 Å². The summed E-state index contributed by atoms with van der Waals surface area (Å²) in [6.07, 6.45) is 5.14. The van der Waals surface area contributed by atoms with E-state index in [1.807, 2.05) is 96.9 Å².